The van der Waals surface area contributed by atoms with Crippen molar-refractivity contribution in [2.24, 2.45) is 0 Å². The van der Waals surface area contributed by atoms with Crippen LogP contribution in [-0.4, -0.2) is 10.2 Å². The van der Waals surface area contributed by atoms with Crippen LogP contribution in [0.1, 0.15) is 11.1 Å². The Kier molecular flexibility index (Phi) is 2.26. The molecule has 3 nitrogen and oxygen atoms in total. The molecule has 6 heteroatoms. The van der Waals surface area contributed by atoms with Gasteiger partial charge in [0.2, 0.25) is 0 Å². The van der Waals surface area contributed by atoms with E-state index >= 15 is 0 Å². The van der Waals surface area contributed by atoms with Crippen molar-refractivity contribution in [2.45, 2.75) is 6.18 Å². The molecule has 0 aromatic heterocycles. The Hall–Kier alpha value is -1.90. The maximum atomic E-state index is 12.2. The lowest BCUT2D eigenvalue weighted by Gasteiger charge is -2.09. The highest BCUT2D eigenvalue weighted by atomic mass is 19.4. The van der Waals surface area contributed by atoms with Gasteiger partial charge in [-0.1, -0.05) is 0 Å². The first-order valence-electron chi connectivity index (χ1n) is 3.39. The summed E-state index contributed by atoms with van der Waals surface area (Å²) in [6.07, 6.45) is -4.80. The molecule has 14 heavy (non-hydrogen) atoms. The van der Waals surface area contributed by atoms with E-state index in [0.717, 1.165) is 6.07 Å². The number of nitriles is 1. The first kappa shape index (κ1) is 10.2. The largest absolute Gasteiger partial charge is 0.508 e. The van der Waals surface area contributed by atoms with Crippen molar-refractivity contribution in [2.75, 3.05) is 0 Å². The summed E-state index contributed by atoms with van der Waals surface area (Å²) in [5.74, 6) is -1.88. The van der Waals surface area contributed by atoms with Crippen LogP contribution in [0.25, 0.3) is 0 Å². The Morgan fingerprint density at radius 3 is 2.21 bits per heavy atom. The van der Waals surface area contributed by atoms with E-state index in [4.69, 9.17) is 15.5 Å². The van der Waals surface area contributed by atoms with Crippen LogP contribution in [0.3, 0.4) is 0 Å². The van der Waals surface area contributed by atoms with E-state index in [-0.39, 0.29) is 0 Å². The molecule has 1 aromatic rings. The molecule has 0 aliphatic rings. The molecule has 0 aliphatic carbocycles. The predicted molar refractivity (Wildman–Crippen MR) is 39.5 cm³/mol. The summed E-state index contributed by atoms with van der Waals surface area (Å²) in [4.78, 5) is 0. The van der Waals surface area contributed by atoms with E-state index in [0.29, 0.717) is 6.07 Å². The molecule has 2 N–H and O–H groups in total. The summed E-state index contributed by atoms with van der Waals surface area (Å²) >= 11 is 0. The van der Waals surface area contributed by atoms with Crippen molar-refractivity contribution in [1.29, 1.82) is 5.26 Å². The molecular formula is C8H4F3NO2. The molecule has 0 amide bonds. The Balaban J connectivity index is 3.47. The smallest absolute Gasteiger partial charge is 0.420 e. The molecule has 0 fully saturated rings. The summed E-state index contributed by atoms with van der Waals surface area (Å²) in [7, 11) is 0. The van der Waals surface area contributed by atoms with E-state index in [1.807, 2.05) is 0 Å². The second kappa shape index (κ2) is 3.10. The standard InChI is InChI=1S/C8H4F3NO2/c9-8(10,11)6-2-5(13)1-4(3-12)7(6)14/h1-2,13-14H. The maximum absolute atomic E-state index is 12.2. The minimum atomic E-state index is -4.80. The van der Waals surface area contributed by atoms with Gasteiger partial charge in [-0.15, -0.1) is 0 Å². The van der Waals surface area contributed by atoms with Gasteiger partial charge < -0.3 is 10.2 Å². The summed E-state index contributed by atoms with van der Waals surface area (Å²) in [5.41, 5.74) is -2.04. The van der Waals surface area contributed by atoms with E-state index in [9.17, 15) is 13.2 Å². The Labute approximate surface area is 76.6 Å². The van der Waals surface area contributed by atoms with Crippen LogP contribution in [-0.2, 0) is 6.18 Å². The van der Waals surface area contributed by atoms with Gasteiger partial charge in [-0.2, -0.15) is 18.4 Å². The fourth-order valence-corrected chi connectivity index (χ4v) is 0.921. The zero-order valence-corrected chi connectivity index (χ0v) is 6.63. The van der Waals surface area contributed by atoms with E-state index in [1.54, 1.807) is 0 Å². The number of nitrogens with zero attached hydrogens (tertiary/aromatic N) is 1. The third kappa shape index (κ3) is 1.71. The van der Waals surface area contributed by atoms with Crippen molar-refractivity contribution in [3.63, 3.8) is 0 Å². The molecule has 0 bridgehead atoms. The zero-order chi connectivity index (χ0) is 10.9. The molecule has 0 unspecified atom stereocenters. The minimum Gasteiger partial charge on any atom is -0.508 e. The van der Waals surface area contributed by atoms with Crippen LogP contribution in [0.4, 0.5) is 13.2 Å². The number of halogens is 3. The minimum absolute atomic E-state index is 0.357. The Bertz CT molecular complexity index is 406. The lowest BCUT2D eigenvalue weighted by molar-refractivity contribution is -0.138. The van der Waals surface area contributed by atoms with Crippen molar-refractivity contribution in [3.8, 4) is 17.6 Å². The average molecular weight is 203 g/mol. The van der Waals surface area contributed by atoms with Crippen LogP contribution in [0, 0.1) is 11.3 Å². The first-order chi connectivity index (χ1) is 6.36. The molecule has 0 spiro atoms. The molecular weight excluding hydrogens is 199 g/mol. The fraction of sp³-hybridized carbons (Fsp3) is 0.125. The highest BCUT2D eigenvalue weighted by Gasteiger charge is 2.35. The summed E-state index contributed by atoms with van der Waals surface area (Å²) in [6.45, 7) is 0. The SMILES string of the molecule is N#Cc1cc(O)cc(C(F)(F)F)c1O. The molecule has 0 heterocycles. The van der Waals surface area contributed by atoms with E-state index < -0.39 is 28.8 Å². The van der Waals surface area contributed by atoms with Crippen LogP contribution in [0.15, 0.2) is 12.1 Å². The second-order valence-corrected chi connectivity index (χ2v) is 2.50. The molecule has 0 radical (unpaired) electrons. The van der Waals surface area contributed by atoms with Crippen molar-refractivity contribution >= 4 is 0 Å². The normalized spacial score (nSPS) is 11.0. The molecule has 1 rings (SSSR count). The quantitative estimate of drug-likeness (QED) is 0.633. The van der Waals surface area contributed by atoms with Crippen LogP contribution in [0.2, 0.25) is 0 Å². The summed E-state index contributed by atoms with van der Waals surface area (Å²) in [6, 6.07) is 2.45. The third-order valence-corrected chi connectivity index (χ3v) is 1.52. The number of rotatable bonds is 0. The number of hydrogen-bond donors (Lipinski definition) is 2. The Morgan fingerprint density at radius 1 is 1.21 bits per heavy atom. The molecule has 0 saturated carbocycles. The van der Waals surface area contributed by atoms with Gasteiger partial charge in [0.1, 0.15) is 23.1 Å². The van der Waals surface area contributed by atoms with Gasteiger partial charge in [-0.25, -0.2) is 0 Å². The van der Waals surface area contributed by atoms with Crippen molar-refractivity contribution < 1.29 is 23.4 Å². The van der Waals surface area contributed by atoms with E-state index in [2.05, 4.69) is 0 Å². The van der Waals surface area contributed by atoms with Crippen LogP contribution in [0.5, 0.6) is 11.5 Å². The summed E-state index contributed by atoms with van der Waals surface area (Å²) in [5, 5.41) is 26.2. The monoisotopic (exact) mass is 203 g/mol. The molecule has 0 aliphatic heterocycles. The highest BCUT2D eigenvalue weighted by molar-refractivity contribution is 5.52. The predicted octanol–water partition coefficient (Wildman–Crippen LogP) is 1.99. The van der Waals surface area contributed by atoms with Crippen LogP contribution < -0.4 is 0 Å². The topological polar surface area (TPSA) is 64.2 Å². The van der Waals surface area contributed by atoms with Gasteiger partial charge in [-0.3, -0.25) is 0 Å². The van der Waals surface area contributed by atoms with Gasteiger partial charge in [0.05, 0.1) is 5.56 Å². The maximum Gasteiger partial charge on any atom is 0.420 e. The van der Waals surface area contributed by atoms with Gasteiger partial charge >= 0.3 is 6.18 Å². The lowest BCUT2D eigenvalue weighted by Crippen LogP contribution is -2.05. The molecule has 0 atom stereocenters. The van der Waals surface area contributed by atoms with Gasteiger partial charge in [0.25, 0.3) is 0 Å². The number of benzene rings is 1. The summed E-state index contributed by atoms with van der Waals surface area (Å²) < 4.78 is 36.5. The van der Waals surface area contributed by atoms with Gasteiger partial charge in [0.15, 0.2) is 0 Å². The third-order valence-electron chi connectivity index (χ3n) is 1.52. The Morgan fingerprint density at radius 2 is 1.79 bits per heavy atom. The molecule has 74 valence electrons. The first-order valence-corrected chi connectivity index (χ1v) is 3.39. The average Bonchev–Trinajstić information content (AvgIpc) is 2.06. The highest BCUT2D eigenvalue weighted by Crippen LogP contribution is 2.39. The number of phenols is 2. The zero-order valence-electron chi connectivity index (χ0n) is 6.63. The van der Waals surface area contributed by atoms with Gasteiger partial charge in [-0.05, 0) is 6.07 Å². The molecule has 0 saturated heterocycles. The lowest BCUT2D eigenvalue weighted by atomic mass is 10.1. The van der Waals surface area contributed by atoms with E-state index in [1.165, 1.54) is 6.07 Å². The number of hydrogen-bond acceptors (Lipinski definition) is 3. The van der Waals surface area contributed by atoms with Gasteiger partial charge in [0, 0.05) is 6.07 Å². The number of alkyl halides is 3. The van der Waals surface area contributed by atoms with Crippen molar-refractivity contribution in [3.05, 3.63) is 23.3 Å². The fourth-order valence-electron chi connectivity index (χ4n) is 0.921. The van der Waals surface area contributed by atoms with Crippen LogP contribution >= 0.6 is 0 Å². The number of aromatic hydroxyl groups is 2. The second-order valence-electron chi connectivity index (χ2n) is 2.50. The van der Waals surface area contributed by atoms with Crippen molar-refractivity contribution in [1.82, 2.24) is 0 Å². The molecule has 1 aromatic carbocycles. The number of phenolic OH excluding ortho intramolecular Hbond substituents is 2.